The Morgan fingerprint density at radius 3 is 1.98 bits per heavy atom. The molecule has 1 aliphatic heterocycles. The van der Waals surface area contributed by atoms with Crippen LogP contribution in [0.2, 0.25) is 0 Å². The second-order valence-corrected chi connectivity index (χ2v) is 10.6. The van der Waals surface area contributed by atoms with E-state index in [2.05, 4.69) is 17.2 Å². The number of hydrogen-bond donors (Lipinski definition) is 5. The maximum atomic E-state index is 12.8. The number of methoxy groups -OCH3 is 1. The smallest absolute Gasteiger partial charge is 0.373 e. The Bertz CT molecular complexity index is 773. The number of aliphatic hydroxyl groups is 2. The van der Waals surface area contributed by atoms with E-state index in [0.29, 0.717) is 0 Å². The van der Waals surface area contributed by atoms with Crippen molar-refractivity contribution in [1.82, 2.24) is 5.32 Å². The summed E-state index contributed by atoms with van der Waals surface area (Å²) < 4.78 is 16.6. The monoisotopic (exact) mass is 570 g/mol. The highest BCUT2D eigenvalue weighted by Crippen LogP contribution is 2.27. The number of carbonyl (C=O) groups excluding carboxylic acids is 2. The van der Waals surface area contributed by atoms with Gasteiger partial charge in [-0.2, -0.15) is 0 Å². The Balaban J connectivity index is 2.51. The average molecular weight is 571 g/mol. The fraction of sp³-hybridized carbons (Fsp3) is 0.828. The maximum absolute atomic E-state index is 12.8. The Hall–Kier alpha value is -2.37. The zero-order chi connectivity index (χ0) is 29.8. The summed E-state index contributed by atoms with van der Waals surface area (Å²) in [5.41, 5.74) is 11.2. The molecule has 0 aliphatic carbocycles. The first-order valence-corrected chi connectivity index (χ1v) is 15.0. The molecule has 11 nitrogen and oxygen atoms in total. The van der Waals surface area contributed by atoms with Gasteiger partial charge < -0.3 is 41.2 Å². The van der Waals surface area contributed by atoms with Crippen LogP contribution in [-0.4, -0.2) is 78.8 Å². The quantitative estimate of drug-likeness (QED) is 0.0566. The highest BCUT2D eigenvalue weighted by molar-refractivity contribution is 5.87. The van der Waals surface area contributed by atoms with Crippen LogP contribution >= 0.6 is 0 Å². The molecule has 11 heteroatoms. The molecule has 7 N–H and O–H groups in total. The topological polar surface area (TPSA) is 179 Å². The molecule has 0 aromatic carbocycles. The van der Waals surface area contributed by atoms with Crippen molar-refractivity contribution < 1.29 is 34.0 Å². The lowest BCUT2D eigenvalue weighted by molar-refractivity contribution is -0.154. The SMILES string of the molecule is CCCCCCCCCCCCCCCCOC(=O)C1=C[C@H](N=C(N)N)[C@@H](NC(C)=O)[C@H]([C@H](OC)[C@H](O)CO)O1. The molecule has 1 rings (SSSR count). The van der Waals surface area contributed by atoms with E-state index in [9.17, 15) is 19.8 Å². The van der Waals surface area contributed by atoms with Crippen LogP contribution in [0, 0.1) is 0 Å². The normalized spacial score (nSPS) is 20.1. The number of nitrogens with zero attached hydrogens (tertiary/aromatic N) is 1. The summed E-state index contributed by atoms with van der Waals surface area (Å²) in [6.45, 7) is 3.16. The third-order valence-electron chi connectivity index (χ3n) is 7.07. The van der Waals surface area contributed by atoms with Gasteiger partial charge in [0.1, 0.15) is 12.2 Å². The summed E-state index contributed by atoms with van der Waals surface area (Å²) in [6, 6.07) is -1.77. The number of carbonyl (C=O) groups is 2. The Morgan fingerprint density at radius 2 is 1.52 bits per heavy atom. The Morgan fingerprint density at radius 1 is 1.00 bits per heavy atom. The molecule has 0 saturated carbocycles. The summed E-state index contributed by atoms with van der Waals surface area (Å²) in [6.07, 6.45) is 15.1. The lowest BCUT2D eigenvalue weighted by Crippen LogP contribution is -2.60. The lowest BCUT2D eigenvalue weighted by atomic mass is 9.92. The fourth-order valence-corrected chi connectivity index (χ4v) is 4.94. The van der Waals surface area contributed by atoms with Gasteiger partial charge in [-0.25, -0.2) is 9.79 Å². The molecular formula is C29H54N4O7. The number of aliphatic hydroxyl groups excluding tert-OH is 2. The van der Waals surface area contributed by atoms with Crippen LogP contribution in [0.25, 0.3) is 0 Å². The van der Waals surface area contributed by atoms with Gasteiger partial charge in [0.25, 0.3) is 0 Å². The highest BCUT2D eigenvalue weighted by Gasteiger charge is 2.44. The molecule has 0 saturated heterocycles. The number of esters is 1. The van der Waals surface area contributed by atoms with Crippen molar-refractivity contribution in [3.05, 3.63) is 11.8 Å². The van der Waals surface area contributed by atoms with Gasteiger partial charge >= 0.3 is 5.97 Å². The number of unbranched alkanes of at least 4 members (excludes halogenated alkanes) is 13. The van der Waals surface area contributed by atoms with E-state index in [0.717, 1.165) is 19.3 Å². The maximum Gasteiger partial charge on any atom is 0.373 e. The predicted octanol–water partition coefficient (Wildman–Crippen LogP) is 2.81. The molecule has 0 radical (unpaired) electrons. The van der Waals surface area contributed by atoms with Gasteiger partial charge in [0.15, 0.2) is 12.1 Å². The van der Waals surface area contributed by atoms with Gasteiger partial charge in [0.05, 0.1) is 25.3 Å². The van der Waals surface area contributed by atoms with Gasteiger partial charge in [-0.15, -0.1) is 0 Å². The molecule has 1 heterocycles. The molecule has 0 spiro atoms. The van der Waals surface area contributed by atoms with Crippen molar-refractivity contribution in [2.24, 2.45) is 16.5 Å². The Labute approximate surface area is 240 Å². The van der Waals surface area contributed by atoms with E-state index in [-0.39, 0.29) is 18.3 Å². The molecule has 0 fully saturated rings. The summed E-state index contributed by atoms with van der Waals surface area (Å²) >= 11 is 0. The first kappa shape index (κ1) is 35.7. The molecule has 0 unspecified atom stereocenters. The van der Waals surface area contributed by atoms with E-state index in [1.54, 1.807) is 0 Å². The van der Waals surface area contributed by atoms with Gasteiger partial charge in [-0.3, -0.25) is 4.79 Å². The number of guanidine groups is 1. The van der Waals surface area contributed by atoms with Crippen molar-refractivity contribution in [3.8, 4) is 0 Å². The van der Waals surface area contributed by atoms with Gasteiger partial charge in [-0.05, 0) is 12.5 Å². The second-order valence-electron chi connectivity index (χ2n) is 10.6. The number of nitrogens with one attached hydrogen (secondary N) is 1. The van der Waals surface area contributed by atoms with Crippen LogP contribution in [0.4, 0.5) is 0 Å². The third-order valence-corrected chi connectivity index (χ3v) is 7.07. The van der Waals surface area contributed by atoms with Gasteiger partial charge in [0.2, 0.25) is 11.7 Å². The summed E-state index contributed by atoms with van der Waals surface area (Å²) in [7, 11) is 1.32. The van der Waals surface area contributed by atoms with Crippen molar-refractivity contribution >= 4 is 17.8 Å². The standard InChI is InChI=1S/C29H54N4O7/c1-4-5-6-7-8-9-10-11-12-13-14-15-16-17-18-39-28(37)24-19-22(33-29(30)31)25(32-21(2)35)27(40-24)26(38-3)23(36)20-34/h19,22-23,25-27,34,36H,4-18,20H2,1-3H3,(H,32,35)(H4,30,31,33)/t22-,23+,25+,26+,27+/m0/s1. The van der Waals surface area contributed by atoms with Gasteiger partial charge in [-0.1, -0.05) is 90.4 Å². The number of ether oxygens (including phenoxy) is 3. The largest absolute Gasteiger partial charge is 0.478 e. The molecule has 1 amide bonds. The van der Waals surface area contributed by atoms with Crippen LogP contribution in [-0.2, 0) is 23.8 Å². The highest BCUT2D eigenvalue weighted by atomic mass is 16.6. The minimum Gasteiger partial charge on any atom is -0.478 e. The first-order valence-electron chi connectivity index (χ1n) is 15.0. The summed E-state index contributed by atoms with van der Waals surface area (Å²) in [5.74, 6) is -1.52. The second kappa shape index (κ2) is 21.4. The van der Waals surface area contributed by atoms with Crippen LogP contribution in [0.5, 0.6) is 0 Å². The van der Waals surface area contributed by atoms with Crippen LogP contribution < -0.4 is 16.8 Å². The molecule has 0 aromatic rings. The first-order chi connectivity index (χ1) is 19.2. The molecule has 0 aromatic heterocycles. The minimum absolute atomic E-state index is 0.154. The Kier molecular flexibility index (Phi) is 19.1. The van der Waals surface area contributed by atoms with E-state index < -0.39 is 48.9 Å². The van der Waals surface area contributed by atoms with Crippen molar-refractivity contribution in [2.45, 2.75) is 134 Å². The third kappa shape index (κ3) is 14.3. The van der Waals surface area contributed by atoms with Crippen LogP contribution in [0.3, 0.4) is 0 Å². The lowest BCUT2D eigenvalue weighted by Gasteiger charge is -2.40. The molecule has 232 valence electrons. The number of rotatable bonds is 22. The van der Waals surface area contributed by atoms with Crippen molar-refractivity contribution in [2.75, 3.05) is 20.3 Å². The summed E-state index contributed by atoms with van der Waals surface area (Å²) in [4.78, 5) is 28.8. The number of nitrogens with two attached hydrogens (primary N) is 2. The van der Waals surface area contributed by atoms with Crippen LogP contribution in [0.1, 0.15) is 104 Å². The fourth-order valence-electron chi connectivity index (χ4n) is 4.94. The minimum atomic E-state index is -1.35. The molecule has 40 heavy (non-hydrogen) atoms. The molecule has 0 bridgehead atoms. The van der Waals surface area contributed by atoms with Crippen LogP contribution in [0.15, 0.2) is 16.8 Å². The summed E-state index contributed by atoms with van der Waals surface area (Å²) in [5, 5.41) is 22.4. The molecule has 5 atom stereocenters. The number of aliphatic imine (C=N–C) groups is 1. The van der Waals surface area contributed by atoms with Crippen molar-refractivity contribution in [1.29, 1.82) is 0 Å². The van der Waals surface area contributed by atoms with E-state index in [1.165, 1.54) is 90.7 Å². The zero-order valence-electron chi connectivity index (χ0n) is 24.8. The van der Waals surface area contributed by atoms with Gasteiger partial charge in [0, 0.05) is 14.0 Å². The number of hydrogen-bond acceptors (Lipinski definition) is 8. The van der Waals surface area contributed by atoms with E-state index in [1.807, 2.05) is 0 Å². The number of amides is 1. The van der Waals surface area contributed by atoms with E-state index in [4.69, 9.17) is 25.7 Å². The predicted molar refractivity (Wildman–Crippen MR) is 155 cm³/mol. The zero-order valence-corrected chi connectivity index (χ0v) is 24.8. The molecule has 1 aliphatic rings. The average Bonchev–Trinajstić information content (AvgIpc) is 2.91. The molecular weight excluding hydrogens is 516 g/mol. The van der Waals surface area contributed by atoms with Crippen molar-refractivity contribution in [3.63, 3.8) is 0 Å². The van der Waals surface area contributed by atoms with E-state index >= 15 is 0 Å².